The Morgan fingerprint density at radius 3 is 2.36 bits per heavy atom. The molecule has 2 nitrogen and oxygen atoms in total. The average Bonchev–Trinajstić information content (AvgIpc) is 2.51. The second-order valence-corrected chi connectivity index (χ2v) is 8.57. The summed E-state index contributed by atoms with van der Waals surface area (Å²) in [6, 6.07) is 7.71. The summed E-state index contributed by atoms with van der Waals surface area (Å²) in [6.45, 7) is 0. The molecular formula is C15H11ClF2O2S2. The smallest absolute Gasteiger partial charge is 0.185 e. The van der Waals surface area contributed by atoms with Crippen LogP contribution in [0.25, 0.3) is 0 Å². The molecule has 1 unspecified atom stereocenters. The van der Waals surface area contributed by atoms with E-state index in [1.165, 1.54) is 24.3 Å². The lowest BCUT2D eigenvalue weighted by molar-refractivity contribution is 0.537. The van der Waals surface area contributed by atoms with E-state index in [1.54, 1.807) is 0 Å². The number of sulfone groups is 1. The molecule has 2 aromatic rings. The summed E-state index contributed by atoms with van der Waals surface area (Å²) in [7, 11) is -3.81. The second kappa shape index (κ2) is 5.83. The van der Waals surface area contributed by atoms with Crippen LogP contribution in [0.2, 0.25) is 5.02 Å². The fraction of sp³-hybridized carbons (Fsp3) is 0.200. The van der Waals surface area contributed by atoms with E-state index in [-0.39, 0.29) is 21.8 Å². The molecule has 2 aromatic carbocycles. The monoisotopic (exact) mass is 360 g/mol. The lowest BCUT2D eigenvalue weighted by atomic mass is 10.1. The minimum absolute atomic E-state index is 0.0587. The summed E-state index contributed by atoms with van der Waals surface area (Å²) >= 11 is 6.91. The molecular weight excluding hydrogens is 350 g/mol. The van der Waals surface area contributed by atoms with E-state index in [2.05, 4.69) is 0 Å². The van der Waals surface area contributed by atoms with Gasteiger partial charge in [-0.1, -0.05) is 11.6 Å². The summed E-state index contributed by atoms with van der Waals surface area (Å²) < 4.78 is 53.6. The predicted octanol–water partition coefficient (Wildman–Crippen LogP) is 4.63. The van der Waals surface area contributed by atoms with Gasteiger partial charge >= 0.3 is 0 Å². The molecule has 1 heterocycles. The fourth-order valence-electron chi connectivity index (χ4n) is 2.51. The van der Waals surface area contributed by atoms with Crippen molar-refractivity contribution in [1.29, 1.82) is 0 Å². The van der Waals surface area contributed by atoms with Crippen LogP contribution in [-0.4, -0.2) is 14.2 Å². The van der Waals surface area contributed by atoms with Crippen molar-refractivity contribution in [3.8, 4) is 0 Å². The van der Waals surface area contributed by atoms with Crippen molar-refractivity contribution in [1.82, 2.24) is 0 Å². The van der Waals surface area contributed by atoms with Crippen LogP contribution in [0.3, 0.4) is 0 Å². The zero-order valence-corrected chi connectivity index (χ0v) is 13.6. The van der Waals surface area contributed by atoms with Gasteiger partial charge in [-0.05, 0) is 48.6 Å². The van der Waals surface area contributed by atoms with Gasteiger partial charge in [0, 0.05) is 10.6 Å². The minimum Gasteiger partial charge on any atom is -0.223 e. The van der Waals surface area contributed by atoms with E-state index in [1.807, 2.05) is 0 Å². The first kappa shape index (κ1) is 15.8. The van der Waals surface area contributed by atoms with Crippen LogP contribution in [0.1, 0.15) is 17.2 Å². The summed E-state index contributed by atoms with van der Waals surface area (Å²) in [5, 5.41) is -0.670. The fourth-order valence-corrected chi connectivity index (χ4v) is 5.83. The van der Waals surface area contributed by atoms with Gasteiger partial charge in [0.1, 0.15) is 11.6 Å². The standard InChI is InChI=1S/C15H11ClF2O2S2/c16-9-1-3-10(4-2-9)22(19,20)13-7-8-21-15-12(18)6-5-11(17)14(13)15/h1-6,13H,7-8H2. The summed E-state index contributed by atoms with van der Waals surface area (Å²) in [6.07, 6.45) is 0.239. The van der Waals surface area contributed by atoms with Crippen molar-refractivity contribution in [2.24, 2.45) is 0 Å². The number of fused-ring (bicyclic) bond motifs is 1. The number of thioether (sulfide) groups is 1. The molecule has 3 rings (SSSR count). The van der Waals surface area contributed by atoms with Crippen LogP contribution in [-0.2, 0) is 9.84 Å². The molecule has 22 heavy (non-hydrogen) atoms. The molecule has 0 saturated heterocycles. The lowest BCUT2D eigenvalue weighted by Gasteiger charge is -2.25. The quantitative estimate of drug-likeness (QED) is 0.783. The van der Waals surface area contributed by atoms with Gasteiger partial charge in [-0.25, -0.2) is 17.2 Å². The van der Waals surface area contributed by atoms with Crippen LogP contribution in [0, 0.1) is 11.6 Å². The van der Waals surface area contributed by atoms with Gasteiger partial charge < -0.3 is 0 Å². The van der Waals surface area contributed by atoms with Crippen molar-refractivity contribution in [3.63, 3.8) is 0 Å². The molecule has 0 saturated carbocycles. The SMILES string of the molecule is O=S(=O)(c1ccc(Cl)cc1)C1CCSc2c(F)ccc(F)c21. The predicted molar refractivity (Wildman–Crippen MR) is 83.1 cm³/mol. The van der Waals surface area contributed by atoms with E-state index < -0.39 is 26.7 Å². The molecule has 0 aliphatic carbocycles. The number of hydrogen-bond acceptors (Lipinski definition) is 3. The summed E-state index contributed by atoms with van der Waals surface area (Å²) in [4.78, 5) is 0.150. The largest absolute Gasteiger partial charge is 0.223 e. The van der Waals surface area contributed by atoms with E-state index >= 15 is 0 Å². The Morgan fingerprint density at radius 2 is 1.68 bits per heavy atom. The summed E-state index contributed by atoms with van der Waals surface area (Å²) in [5.74, 6) is -0.853. The Kier molecular flexibility index (Phi) is 4.18. The Hall–Kier alpha value is -1.11. The molecule has 0 radical (unpaired) electrons. The zero-order chi connectivity index (χ0) is 15.9. The molecule has 116 valence electrons. The number of hydrogen-bond donors (Lipinski definition) is 0. The third-order valence-corrected chi connectivity index (χ3v) is 7.11. The molecule has 1 atom stereocenters. The highest BCUT2D eigenvalue weighted by molar-refractivity contribution is 7.99. The van der Waals surface area contributed by atoms with Crippen LogP contribution >= 0.6 is 23.4 Å². The lowest BCUT2D eigenvalue weighted by Crippen LogP contribution is -2.20. The van der Waals surface area contributed by atoms with E-state index in [0.29, 0.717) is 10.8 Å². The van der Waals surface area contributed by atoms with Crippen molar-refractivity contribution in [2.75, 3.05) is 5.75 Å². The topological polar surface area (TPSA) is 34.1 Å². The first-order chi connectivity index (χ1) is 10.4. The number of benzene rings is 2. The van der Waals surface area contributed by atoms with Gasteiger partial charge in [0.25, 0.3) is 0 Å². The van der Waals surface area contributed by atoms with E-state index in [0.717, 1.165) is 23.9 Å². The van der Waals surface area contributed by atoms with Crippen molar-refractivity contribution in [2.45, 2.75) is 21.5 Å². The maximum Gasteiger partial charge on any atom is 0.185 e. The van der Waals surface area contributed by atoms with Crippen LogP contribution in [0.5, 0.6) is 0 Å². The molecule has 0 amide bonds. The molecule has 1 aliphatic heterocycles. The Bertz CT molecular complexity index is 820. The molecule has 0 aromatic heterocycles. The first-order valence-electron chi connectivity index (χ1n) is 6.51. The van der Waals surface area contributed by atoms with Crippen LogP contribution < -0.4 is 0 Å². The maximum atomic E-state index is 14.1. The zero-order valence-electron chi connectivity index (χ0n) is 11.2. The first-order valence-corrected chi connectivity index (χ1v) is 9.42. The highest BCUT2D eigenvalue weighted by Gasteiger charge is 2.36. The third kappa shape index (κ3) is 2.64. The van der Waals surface area contributed by atoms with Gasteiger partial charge in [0.2, 0.25) is 0 Å². The van der Waals surface area contributed by atoms with Crippen molar-refractivity contribution >= 4 is 33.2 Å². The Balaban J connectivity index is 2.15. The van der Waals surface area contributed by atoms with E-state index in [9.17, 15) is 17.2 Å². The highest BCUT2D eigenvalue weighted by Crippen LogP contribution is 2.45. The molecule has 0 bridgehead atoms. The Morgan fingerprint density at radius 1 is 1.05 bits per heavy atom. The molecule has 1 aliphatic rings. The molecule has 0 fully saturated rings. The third-order valence-electron chi connectivity index (χ3n) is 3.56. The highest BCUT2D eigenvalue weighted by atomic mass is 35.5. The van der Waals surface area contributed by atoms with Gasteiger partial charge in [0.05, 0.1) is 15.0 Å². The Labute approximate surface area is 136 Å². The van der Waals surface area contributed by atoms with Crippen LogP contribution in [0.4, 0.5) is 8.78 Å². The normalized spacial score (nSPS) is 18.0. The van der Waals surface area contributed by atoms with Gasteiger partial charge in [-0.15, -0.1) is 11.8 Å². The van der Waals surface area contributed by atoms with Crippen LogP contribution in [0.15, 0.2) is 46.2 Å². The van der Waals surface area contributed by atoms with Gasteiger partial charge in [-0.3, -0.25) is 0 Å². The maximum absolute atomic E-state index is 14.1. The second-order valence-electron chi connectivity index (χ2n) is 4.90. The summed E-state index contributed by atoms with van der Waals surface area (Å²) in [5.41, 5.74) is -0.0637. The number of halogens is 3. The molecule has 7 heteroatoms. The molecule has 0 N–H and O–H groups in total. The van der Waals surface area contributed by atoms with Gasteiger partial charge in [-0.2, -0.15) is 0 Å². The number of rotatable bonds is 2. The van der Waals surface area contributed by atoms with Gasteiger partial charge in [0.15, 0.2) is 9.84 Å². The minimum atomic E-state index is -3.81. The molecule has 0 spiro atoms. The van der Waals surface area contributed by atoms with Crippen molar-refractivity contribution < 1.29 is 17.2 Å². The van der Waals surface area contributed by atoms with Crippen molar-refractivity contribution in [3.05, 3.63) is 58.6 Å². The van der Waals surface area contributed by atoms with E-state index in [4.69, 9.17) is 11.6 Å². The average molecular weight is 361 g/mol.